The minimum Gasteiger partial charge on any atom is -0.478 e. The molecule has 1 atom stereocenters. The summed E-state index contributed by atoms with van der Waals surface area (Å²) < 4.78 is 18.9. The first-order valence-electron chi connectivity index (χ1n) is 9.33. The molecule has 1 amide bonds. The van der Waals surface area contributed by atoms with Crippen molar-refractivity contribution in [2.24, 2.45) is 5.92 Å². The molecule has 1 aliphatic carbocycles. The lowest BCUT2D eigenvalue weighted by molar-refractivity contribution is -0.137. The predicted octanol–water partition coefficient (Wildman–Crippen LogP) is 3.87. The van der Waals surface area contributed by atoms with Crippen molar-refractivity contribution < 1.29 is 23.8 Å². The van der Waals surface area contributed by atoms with Crippen molar-refractivity contribution in [3.63, 3.8) is 0 Å². The summed E-state index contributed by atoms with van der Waals surface area (Å²) in [6.45, 7) is 4.04. The van der Waals surface area contributed by atoms with Crippen LogP contribution < -0.4 is 5.32 Å². The fraction of sp³-hybridized carbons (Fsp3) is 0.364. The van der Waals surface area contributed by atoms with Gasteiger partial charge in [0.05, 0.1) is 17.7 Å². The van der Waals surface area contributed by atoms with E-state index in [9.17, 15) is 14.0 Å². The van der Waals surface area contributed by atoms with Crippen LogP contribution in [0.4, 0.5) is 4.39 Å². The lowest BCUT2D eigenvalue weighted by Gasteiger charge is -2.25. The molecule has 1 saturated carbocycles. The molecule has 0 radical (unpaired) electrons. The van der Waals surface area contributed by atoms with Crippen molar-refractivity contribution in [2.75, 3.05) is 0 Å². The summed E-state index contributed by atoms with van der Waals surface area (Å²) in [4.78, 5) is 23.9. The first-order chi connectivity index (χ1) is 13.3. The van der Waals surface area contributed by atoms with Crippen LogP contribution >= 0.6 is 0 Å². The minimum atomic E-state index is -0.977. The Morgan fingerprint density at radius 1 is 1.11 bits per heavy atom. The molecule has 0 saturated heterocycles. The number of amides is 1. The number of nitrogens with one attached hydrogen (secondary N) is 1. The summed E-state index contributed by atoms with van der Waals surface area (Å²) in [7, 11) is 0. The lowest BCUT2D eigenvalue weighted by Crippen LogP contribution is -2.44. The van der Waals surface area contributed by atoms with Gasteiger partial charge in [0.25, 0.3) is 0 Å². The van der Waals surface area contributed by atoms with E-state index >= 15 is 0 Å². The zero-order valence-corrected chi connectivity index (χ0v) is 15.9. The molecule has 0 heterocycles. The Labute approximate surface area is 163 Å². The molecule has 2 N–H and O–H groups in total. The van der Waals surface area contributed by atoms with E-state index in [0.29, 0.717) is 0 Å². The van der Waals surface area contributed by atoms with E-state index in [2.05, 4.69) is 5.32 Å². The lowest BCUT2D eigenvalue weighted by atomic mass is 10.0. The van der Waals surface area contributed by atoms with Crippen LogP contribution in [0.5, 0.6) is 0 Å². The highest BCUT2D eigenvalue weighted by Crippen LogP contribution is 2.45. The SMILES string of the molecule is CC(C)C(OCc1ccc(F)cc1)C(=O)NC1(c2ccc(C(=O)O)cc2)CC1. The number of halogens is 1. The van der Waals surface area contributed by atoms with Crippen molar-refractivity contribution >= 4 is 11.9 Å². The third-order valence-electron chi connectivity index (χ3n) is 5.00. The quantitative estimate of drug-likeness (QED) is 0.723. The number of hydrogen-bond acceptors (Lipinski definition) is 3. The summed E-state index contributed by atoms with van der Waals surface area (Å²) in [5.41, 5.74) is 1.45. The molecule has 2 aromatic carbocycles. The second-order valence-corrected chi connectivity index (χ2v) is 7.56. The molecule has 0 bridgehead atoms. The van der Waals surface area contributed by atoms with E-state index in [0.717, 1.165) is 24.0 Å². The topological polar surface area (TPSA) is 75.6 Å². The Bertz CT molecular complexity index is 842. The second kappa shape index (κ2) is 8.10. The summed E-state index contributed by atoms with van der Waals surface area (Å²) in [5, 5.41) is 12.1. The maximum atomic E-state index is 13.0. The maximum absolute atomic E-state index is 13.0. The highest BCUT2D eigenvalue weighted by Gasteiger charge is 2.46. The van der Waals surface area contributed by atoms with Crippen molar-refractivity contribution in [3.8, 4) is 0 Å². The van der Waals surface area contributed by atoms with Crippen LogP contribution in [-0.2, 0) is 21.7 Å². The molecular formula is C22H24FNO4. The van der Waals surface area contributed by atoms with Gasteiger partial charge in [-0.25, -0.2) is 9.18 Å². The van der Waals surface area contributed by atoms with Crippen LogP contribution in [0.2, 0.25) is 0 Å². The molecule has 6 heteroatoms. The largest absolute Gasteiger partial charge is 0.478 e. The highest BCUT2D eigenvalue weighted by molar-refractivity contribution is 5.87. The summed E-state index contributed by atoms with van der Waals surface area (Å²) >= 11 is 0. The van der Waals surface area contributed by atoms with Crippen LogP contribution in [0.3, 0.4) is 0 Å². The van der Waals surface area contributed by atoms with Gasteiger partial charge in [0.1, 0.15) is 11.9 Å². The van der Waals surface area contributed by atoms with Crippen LogP contribution in [-0.4, -0.2) is 23.1 Å². The Hall–Kier alpha value is -2.73. The standard InChI is InChI=1S/C22H24FNO4/c1-14(2)19(28-13-15-3-9-18(23)10-4-15)20(25)24-22(11-12-22)17-7-5-16(6-8-17)21(26)27/h3-10,14,19H,11-13H2,1-2H3,(H,24,25)(H,26,27). The summed E-state index contributed by atoms with van der Waals surface area (Å²) in [6, 6.07) is 12.6. The van der Waals surface area contributed by atoms with E-state index in [1.54, 1.807) is 36.4 Å². The maximum Gasteiger partial charge on any atom is 0.335 e. The molecule has 0 aromatic heterocycles. The van der Waals surface area contributed by atoms with Crippen molar-refractivity contribution in [1.82, 2.24) is 5.32 Å². The first-order valence-corrected chi connectivity index (χ1v) is 9.33. The number of carbonyl (C=O) groups excluding carboxylic acids is 1. The Kier molecular flexibility index (Phi) is 5.79. The highest BCUT2D eigenvalue weighted by atomic mass is 19.1. The van der Waals surface area contributed by atoms with Gasteiger partial charge in [-0.1, -0.05) is 38.1 Å². The predicted molar refractivity (Wildman–Crippen MR) is 102 cm³/mol. The smallest absolute Gasteiger partial charge is 0.335 e. The van der Waals surface area contributed by atoms with Crippen LogP contribution in [0.25, 0.3) is 0 Å². The number of ether oxygens (including phenoxy) is 1. The number of benzene rings is 2. The molecule has 0 spiro atoms. The zero-order valence-electron chi connectivity index (χ0n) is 15.9. The van der Waals surface area contributed by atoms with E-state index in [1.165, 1.54) is 12.1 Å². The van der Waals surface area contributed by atoms with Gasteiger partial charge in [-0.05, 0) is 54.2 Å². The summed E-state index contributed by atoms with van der Waals surface area (Å²) in [5.74, 6) is -1.52. The molecule has 3 rings (SSSR count). The van der Waals surface area contributed by atoms with Gasteiger partial charge in [0, 0.05) is 0 Å². The van der Waals surface area contributed by atoms with Crippen LogP contribution in [0.15, 0.2) is 48.5 Å². The van der Waals surface area contributed by atoms with Gasteiger partial charge in [0.2, 0.25) is 5.91 Å². The van der Waals surface area contributed by atoms with Crippen molar-refractivity contribution in [2.45, 2.75) is 44.9 Å². The number of hydrogen-bond donors (Lipinski definition) is 2. The average molecular weight is 385 g/mol. The number of aromatic carboxylic acids is 1. The molecule has 1 fully saturated rings. The monoisotopic (exact) mass is 385 g/mol. The van der Waals surface area contributed by atoms with E-state index in [1.807, 2.05) is 13.8 Å². The Morgan fingerprint density at radius 3 is 2.21 bits per heavy atom. The normalized spacial score (nSPS) is 15.9. The van der Waals surface area contributed by atoms with Gasteiger partial charge in [-0.2, -0.15) is 0 Å². The Morgan fingerprint density at radius 2 is 1.71 bits per heavy atom. The second-order valence-electron chi connectivity index (χ2n) is 7.56. The third kappa shape index (κ3) is 4.57. The van der Waals surface area contributed by atoms with Crippen LogP contribution in [0.1, 0.15) is 48.2 Å². The molecule has 2 aromatic rings. The van der Waals surface area contributed by atoms with E-state index in [4.69, 9.17) is 9.84 Å². The van der Waals surface area contributed by atoms with Crippen molar-refractivity contribution in [1.29, 1.82) is 0 Å². The minimum absolute atomic E-state index is 0.0364. The van der Waals surface area contributed by atoms with Gasteiger partial charge < -0.3 is 15.2 Å². The molecule has 28 heavy (non-hydrogen) atoms. The fourth-order valence-corrected chi connectivity index (χ4v) is 3.19. The van der Waals surface area contributed by atoms with Gasteiger partial charge in [-0.15, -0.1) is 0 Å². The molecule has 5 nitrogen and oxygen atoms in total. The summed E-state index contributed by atoms with van der Waals surface area (Å²) in [6.07, 6.45) is 0.961. The number of rotatable bonds is 8. The zero-order chi connectivity index (χ0) is 20.3. The van der Waals surface area contributed by atoms with Gasteiger partial charge in [-0.3, -0.25) is 4.79 Å². The Balaban J connectivity index is 1.66. The van der Waals surface area contributed by atoms with Crippen molar-refractivity contribution in [3.05, 3.63) is 71.0 Å². The molecular weight excluding hydrogens is 361 g/mol. The number of carbonyl (C=O) groups is 2. The third-order valence-corrected chi connectivity index (χ3v) is 5.00. The molecule has 148 valence electrons. The fourth-order valence-electron chi connectivity index (χ4n) is 3.19. The van der Waals surface area contributed by atoms with Gasteiger partial charge in [0.15, 0.2) is 0 Å². The molecule has 0 aliphatic heterocycles. The molecule has 1 aliphatic rings. The van der Waals surface area contributed by atoms with E-state index < -0.39 is 17.6 Å². The van der Waals surface area contributed by atoms with Gasteiger partial charge >= 0.3 is 5.97 Å². The first kappa shape index (κ1) is 20.0. The molecule has 1 unspecified atom stereocenters. The number of carboxylic acids is 1. The van der Waals surface area contributed by atoms with E-state index in [-0.39, 0.29) is 29.8 Å². The number of carboxylic acid groups (broad SMARTS) is 1. The average Bonchev–Trinajstić information content (AvgIpc) is 3.44. The van der Waals surface area contributed by atoms with Crippen LogP contribution in [0, 0.1) is 11.7 Å².